The van der Waals surface area contributed by atoms with Crippen LogP contribution in [0.4, 0.5) is 0 Å². The standard InChI is InChI=1S/C10H15BrN2O2/c1-3-4-8-12-7(5-6-9(14)15)10(11)13(8)2/h3-6H2,1-2H3,(H,14,15). The fraction of sp³-hybridized carbons (Fsp3) is 0.600. The maximum atomic E-state index is 10.5. The Labute approximate surface area is 97.4 Å². The molecule has 1 heterocycles. The maximum Gasteiger partial charge on any atom is 0.303 e. The van der Waals surface area contributed by atoms with Gasteiger partial charge in [0.25, 0.3) is 0 Å². The zero-order valence-corrected chi connectivity index (χ0v) is 10.5. The molecule has 4 nitrogen and oxygen atoms in total. The largest absolute Gasteiger partial charge is 0.481 e. The highest BCUT2D eigenvalue weighted by Gasteiger charge is 2.12. The minimum absolute atomic E-state index is 0.126. The van der Waals surface area contributed by atoms with Gasteiger partial charge in [-0.2, -0.15) is 0 Å². The quantitative estimate of drug-likeness (QED) is 0.895. The molecular weight excluding hydrogens is 260 g/mol. The van der Waals surface area contributed by atoms with Crippen molar-refractivity contribution in [3.63, 3.8) is 0 Å². The molecule has 0 amide bonds. The molecule has 0 radical (unpaired) electrons. The highest BCUT2D eigenvalue weighted by Crippen LogP contribution is 2.19. The van der Waals surface area contributed by atoms with Gasteiger partial charge in [-0.15, -0.1) is 0 Å². The molecule has 1 N–H and O–H groups in total. The smallest absolute Gasteiger partial charge is 0.303 e. The average molecular weight is 275 g/mol. The van der Waals surface area contributed by atoms with Crippen molar-refractivity contribution in [2.75, 3.05) is 0 Å². The molecule has 0 bridgehead atoms. The van der Waals surface area contributed by atoms with Gasteiger partial charge in [-0.05, 0) is 22.4 Å². The molecule has 0 unspecified atom stereocenters. The molecule has 0 aliphatic heterocycles. The van der Waals surface area contributed by atoms with E-state index in [4.69, 9.17) is 5.11 Å². The van der Waals surface area contributed by atoms with E-state index in [9.17, 15) is 4.79 Å². The first kappa shape index (κ1) is 12.2. The number of aliphatic carboxylic acids is 1. The first-order valence-electron chi connectivity index (χ1n) is 4.98. The Morgan fingerprint density at radius 3 is 2.73 bits per heavy atom. The second-order valence-corrected chi connectivity index (χ2v) is 4.22. The maximum absolute atomic E-state index is 10.5. The van der Waals surface area contributed by atoms with E-state index in [1.165, 1.54) is 0 Å². The van der Waals surface area contributed by atoms with E-state index < -0.39 is 5.97 Å². The van der Waals surface area contributed by atoms with Crippen LogP contribution in [0.25, 0.3) is 0 Å². The van der Waals surface area contributed by atoms with Crippen LogP contribution in [0.1, 0.15) is 31.3 Å². The van der Waals surface area contributed by atoms with E-state index in [-0.39, 0.29) is 6.42 Å². The van der Waals surface area contributed by atoms with Crippen LogP contribution in [-0.4, -0.2) is 20.6 Å². The summed E-state index contributed by atoms with van der Waals surface area (Å²) in [6.45, 7) is 2.10. The fourth-order valence-corrected chi connectivity index (χ4v) is 1.91. The Morgan fingerprint density at radius 1 is 1.53 bits per heavy atom. The van der Waals surface area contributed by atoms with Gasteiger partial charge in [0.1, 0.15) is 10.4 Å². The van der Waals surface area contributed by atoms with Gasteiger partial charge in [-0.3, -0.25) is 4.79 Å². The fourth-order valence-electron chi connectivity index (χ4n) is 1.42. The molecule has 0 aliphatic rings. The number of imidazole rings is 1. The molecule has 0 aromatic carbocycles. The topological polar surface area (TPSA) is 55.1 Å². The van der Waals surface area contributed by atoms with Crippen molar-refractivity contribution in [1.82, 2.24) is 9.55 Å². The van der Waals surface area contributed by atoms with Crippen LogP contribution >= 0.6 is 15.9 Å². The lowest BCUT2D eigenvalue weighted by molar-refractivity contribution is -0.136. The van der Waals surface area contributed by atoms with Crippen molar-refractivity contribution in [3.8, 4) is 0 Å². The predicted molar refractivity (Wildman–Crippen MR) is 60.9 cm³/mol. The average Bonchev–Trinajstić information content (AvgIpc) is 2.44. The van der Waals surface area contributed by atoms with Crippen LogP contribution < -0.4 is 0 Å². The molecule has 0 saturated heterocycles. The van der Waals surface area contributed by atoms with Gasteiger partial charge < -0.3 is 9.67 Å². The second kappa shape index (κ2) is 5.30. The zero-order valence-electron chi connectivity index (χ0n) is 8.96. The second-order valence-electron chi connectivity index (χ2n) is 3.47. The van der Waals surface area contributed by atoms with Gasteiger partial charge in [0, 0.05) is 19.9 Å². The Morgan fingerprint density at radius 2 is 2.20 bits per heavy atom. The van der Waals surface area contributed by atoms with Gasteiger partial charge in [0.15, 0.2) is 0 Å². The molecule has 5 heteroatoms. The summed E-state index contributed by atoms with van der Waals surface area (Å²) in [5, 5.41) is 8.60. The van der Waals surface area contributed by atoms with E-state index in [2.05, 4.69) is 27.8 Å². The van der Waals surface area contributed by atoms with Gasteiger partial charge in [0.2, 0.25) is 0 Å². The third-order valence-corrected chi connectivity index (χ3v) is 3.22. The molecule has 0 fully saturated rings. The summed E-state index contributed by atoms with van der Waals surface area (Å²) < 4.78 is 2.87. The van der Waals surface area contributed by atoms with E-state index >= 15 is 0 Å². The summed E-state index contributed by atoms with van der Waals surface area (Å²) in [4.78, 5) is 14.9. The predicted octanol–water partition coefficient (Wildman–Crippen LogP) is 2.15. The van der Waals surface area contributed by atoms with Gasteiger partial charge >= 0.3 is 5.97 Å². The van der Waals surface area contributed by atoms with Crippen molar-refractivity contribution in [2.45, 2.75) is 32.6 Å². The minimum Gasteiger partial charge on any atom is -0.481 e. The van der Waals surface area contributed by atoms with Crippen LogP contribution in [0.5, 0.6) is 0 Å². The van der Waals surface area contributed by atoms with Gasteiger partial charge in [0.05, 0.1) is 12.1 Å². The van der Waals surface area contributed by atoms with Crippen molar-refractivity contribution >= 4 is 21.9 Å². The highest BCUT2D eigenvalue weighted by molar-refractivity contribution is 9.10. The van der Waals surface area contributed by atoms with Crippen LogP contribution in [0, 0.1) is 0 Å². The van der Waals surface area contributed by atoms with Crippen molar-refractivity contribution in [2.24, 2.45) is 7.05 Å². The highest BCUT2D eigenvalue weighted by atomic mass is 79.9. The third kappa shape index (κ3) is 3.06. The lowest BCUT2D eigenvalue weighted by atomic mass is 10.2. The molecule has 0 aliphatic carbocycles. The zero-order chi connectivity index (χ0) is 11.4. The lowest BCUT2D eigenvalue weighted by Crippen LogP contribution is -1.98. The molecule has 0 saturated carbocycles. The first-order valence-corrected chi connectivity index (χ1v) is 5.77. The van der Waals surface area contributed by atoms with Crippen LogP contribution in [0.2, 0.25) is 0 Å². The van der Waals surface area contributed by atoms with E-state index in [1.54, 1.807) is 0 Å². The number of aryl methyl sites for hydroxylation is 2. The molecule has 1 aromatic rings. The lowest BCUT2D eigenvalue weighted by Gasteiger charge is -1.99. The first-order chi connectivity index (χ1) is 7.06. The normalized spacial score (nSPS) is 10.6. The number of carbonyl (C=O) groups is 1. The van der Waals surface area contributed by atoms with Crippen LogP contribution in [0.3, 0.4) is 0 Å². The summed E-state index contributed by atoms with van der Waals surface area (Å²) in [5.41, 5.74) is 0.836. The monoisotopic (exact) mass is 274 g/mol. The summed E-state index contributed by atoms with van der Waals surface area (Å²) >= 11 is 3.43. The van der Waals surface area contributed by atoms with Gasteiger partial charge in [-0.1, -0.05) is 6.92 Å². The summed E-state index contributed by atoms with van der Waals surface area (Å²) in [7, 11) is 1.94. The Bertz CT molecular complexity index is 361. The van der Waals surface area contributed by atoms with E-state index in [0.717, 1.165) is 29.0 Å². The number of carboxylic acids is 1. The molecule has 0 spiro atoms. The van der Waals surface area contributed by atoms with E-state index in [1.807, 2.05) is 11.6 Å². The van der Waals surface area contributed by atoms with Crippen LogP contribution in [0.15, 0.2) is 4.60 Å². The minimum atomic E-state index is -0.787. The van der Waals surface area contributed by atoms with E-state index in [0.29, 0.717) is 6.42 Å². The third-order valence-electron chi connectivity index (χ3n) is 2.23. The van der Waals surface area contributed by atoms with Crippen molar-refractivity contribution in [3.05, 3.63) is 16.1 Å². The number of halogens is 1. The van der Waals surface area contributed by atoms with Crippen molar-refractivity contribution in [1.29, 1.82) is 0 Å². The number of hydrogen-bond acceptors (Lipinski definition) is 2. The summed E-state index contributed by atoms with van der Waals surface area (Å²) in [5.74, 6) is 0.217. The molecule has 1 rings (SSSR count). The Kier molecular flexibility index (Phi) is 4.32. The van der Waals surface area contributed by atoms with Crippen molar-refractivity contribution < 1.29 is 9.90 Å². The number of aromatic nitrogens is 2. The Balaban J connectivity index is 2.80. The molecule has 84 valence electrons. The van der Waals surface area contributed by atoms with Crippen LogP contribution in [-0.2, 0) is 24.7 Å². The summed E-state index contributed by atoms with van der Waals surface area (Å²) in [6, 6.07) is 0. The van der Waals surface area contributed by atoms with Gasteiger partial charge in [-0.25, -0.2) is 4.98 Å². The number of hydrogen-bond donors (Lipinski definition) is 1. The number of carboxylic acid groups (broad SMARTS) is 1. The SMILES string of the molecule is CCCc1nc(CCC(=O)O)c(Br)n1C. The Hall–Kier alpha value is -0.840. The molecule has 0 atom stereocenters. The summed E-state index contributed by atoms with van der Waals surface area (Å²) in [6.07, 6.45) is 2.56. The number of nitrogens with zero attached hydrogens (tertiary/aromatic N) is 2. The molecular formula is C10H15BrN2O2. The molecule has 1 aromatic heterocycles. The molecule has 15 heavy (non-hydrogen) atoms. The number of rotatable bonds is 5.